The number of carbonyl (C=O) groups is 2. The predicted molar refractivity (Wildman–Crippen MR) is 122 cm³/mol. The number of benzene rings is 4. The van der Waals surface area contributed by atoms with Crippen LogP contribution in [0.3, 0.4) is 0 Å². The Hall–Kier alpha value is -3.49. The van der Waals surface area contributed by atoms with Crippen molar-refractivity contribution < 1.29 is 9.59 Å². The monoisotopic (exact) mass is 410 g/mol. The lowest BCUT2D eigenvalue weighted by atomic mass is 9.88. The van der Waals surface area contributed by atoms with Crippen molar-refractivity contribution >= 4 is 22.6 Å². The highest BCUT2D eigenvalue weighted by molar-refractivity contribution is 6.68. The molecule has 0 heterocycles. The molecule has 0 atom stereocenters. The van der Waals surface area contributed by atoms with E-state index in [2.05, 4.69) is 0 Å². The minimum absolute atomic E-state index is 0.225. The third kappa shape index (κ3) is 3.83. The third-order valence-electron chi connectivity index (χ3n) is 5.11. The minimum Gasteiger partial charge on any atom is -0.289 e. The second kappa shape index (κ2) is 8.48. The van der Waals surface area contributed by atoms with Gasteiger partial charge in [-0.2, -0.15) is 0 Å². The molecule has 0 aliphatic rings. The van der Waals surface area contributed by atoms with E-state index < -0.39 is 5.24 Å². The molecular weight excluding hydrogens is 392 g/mol. The van der Waals surface area contributed by atoms with E-state index in [9.17, 15) is 9.59 Å². The molecule has 3 heteroatoms. The Bertz CT molecular complexity index is 1240. The van der Waals surface area contributed by atoms with Crippen LogP contribution in [0.15, 0.2) is 97.1 Å². The van der Waals surface area contributed by atoms with Crippen LogP contribution < -0.4 is 0 Å². The molecule has 2 nitrogen and oxygen atoms in total. The van der Waals surface area contributed by atoms with E-state index in [0.717, 1.165) is 27.8 Å². The van der Waals surface area contributed by atoms with Crippen molar-refractivity contribution in [2.24, 2.45) is 0 Å². The molecule has 0 radical (unpaired) electrons. The van der Waals surface area contributed by atoms with Gasteiger partial charge in [-0.15, -0.1) is 0 Å². The molecule has 146 valence electrons. The van der Waals surface area contributed by atoms with Crippen molar-refractivity contribution in [3.05, 3.63) is 119 Å². The number of hydrogen-bond donors (Lipinski definition) is 0. The zero-order valence-electron chi connectivity index (χ0n) is 16.4. The molecule has 0 saturated carbocycles. The largest absolute Gasteiger partial charge is 0.289 e. The summed E-state index contributed by atoms with van der Waals surface area (Å²) < 4.78 is 0. The smallest absolute Gasteiger partial charge is 0.253 e. The Labute approximate surface area is 180 Å². The van der Waals surface area contributed by atoms with E-state index in [-0.39, 0.29) is 11.3 Å². The van der Waals surface area contributed by atoms with Crippen molar-refractivity contribution in [3.8, 4) is 22.3 Å². The summed E-state index contributed by atoms with van der Waals surface area (Å²) in [4.78, 5) is 25.5. The van der Waals surface area contributed by atoms with Crippen molar-refractivity contribution in [3.63, 3.8) is 0 Å². The SMILES string of the molecule is Cc1ccc(C(=O)c2ccccc2-c2ccccc2-c2ccccc2)c(C(=O)Cl)c1. The summed E-state index contributed by atoms with van der Waals surface area (Å²) in [5, 5.41) is -0.635. The minimum atomic E-state index is -0.635. The lowest BCUT2D eigenvalue weighted by Gasteiger charge is -2.15. The molecule has 0 N–H and O–H groups in total. The topological polar surface area (TPSA) is 34.1 Å². The average molecular weight is 411 g/mol. The molecular formula is C27H19ClO2. The van der Waals surface area contributed by atoms with Crippen LogP contribution in [0.2, 0.25) is 0 Å². The van der Waals surface area contributed by atoms with E-state index in [1.165, 1.54) is 0 Å². The summed E-state index contributed by atoms with van der Waals surface area (Å²) in [7, 11) is 0. The molecule has 0 unspecified atom stereocenters. The first kappa shape index (κ1) is 19.8. The second-order valence-corrected chi connectivity index (χ2v) is 7.45. The van der Waals surface area contributed by atoms with E-state index in [0.29, 0.717) is 11.1 Å². The van der Waals surface area contributed by atoms with Crippen LogP contribution in [-0.4, -0.2) is 11.0 Å². The molecule has 4 aromatic carbocycles. The number of ketones is 1. The molecule has 0 saturated heterocycles. The van der Waals surface area contributed by atoms with E-state index in [4.69, 9.17) is 11.6 Å². The van der Waals surface area contributed by atoms with Crippen LogP contribution in [0.25, 0.3) is 22.3 Å². The van der Waals surface area contributed by atoms with Crippen molar-refractivity contribution in [1.29, 1.82) is 0 Å². The van der Waals surface area contributed by atoms with Crippen LogP contribution >= 0.6 is 11.6 Å². The summed E-state index contributed by atoms with van der Waals surface area (Å²) in [5.41, 5.74) is 5.83. The first-order chi connectivity index (χ1) is 14.6. The molecule has 30 heavy (non-hydrogen) atoms. The van der Waals surface area contributed by atoms with Gasteiger partial charge in [0.2, 0.25) is 0 Å². The van der Waals surface area contributed by atoms with Gasteiger partial charge in [-0.3, -0.25) is 9.59 Å². The van der Waals surface area contributed by atoms with Crippen LogP contribution in [-0.2, 0) is 0 Å². The summed E-state index contributed by atoms with van der Waals surface area (Å²) >= 11 is 5.78. The van der Waals surface area contributed by atoms with Gasteiger partial charge < -0.3 is 0 Å². The zero-order chi connectivity index (χ0) is 21.1. The van der Waals surface area contributed by atoms with Gasteiger partial charge in [0.05, 0.1) is 0 Å². The predicted octanol–water partition coefficient (Wildman–Crippen LogP) is 6.94. The van der Waals surface area contributed by atoms with Gasteiger partial charge in [-0.1, -0.05) is 90.5 Å². The lowest BCUT2D eigenvalue weighted by molar-refractivity contribution is 0.102. The average Bonchev–Trinajstić information content (AvgIpc) is 2.79. The van der Waals surface area contributed by atoms with E-state index in [1.807, 2.05) is 85.8 Å². The third-order valence-corrected chi connectivity index (χ3v) is 5.31. The van der Waals surface area contributed by atoms with E-state index in [1.54, 1.807) is 18.2 Å². The molecule has 4 rings (SSSR count). The van der Waals surface area contributed by atoms with Gasteiger partial charge in [0, 0.05) is 16.7 Å². The Morgan fingerprint density at radius 2 is 1.20 bits per heavy atom. The van der Waals surface area contributed by atoms with Gasteiger partial charge in [0.25, 0.3) is 5.24 Å². The van der Waals surface area contributed by atoms with Crippen molar-refractivity contribution in [1.82, 2.24) is 0 Å². The highest BCUT2D eigenvalue weighted by Crippen LogP contribution is 2.35. The molecule has 0 aliphatic heterocycles. The Morgan fingerprint density at radius 1 is 0.600 bits per heavy atom. The Kier molecular flexibility index (Phi) is 5.60. The van der Waals surface area contributed by atoms with Crippen LogP contribution in [0.5, 0.6) is 0 Å². The molecule has 0 bridgehead atoms. The zero-order valence-corrected chi connectivity index (χ0v) is 17.2. The molecule has 0 spiro atoms. The molecule has 4 aromatic rings. The summed E-state index contributed by atoms with van der Waals surface area (Å²) in [5.74, 6) is -0.225. The summed E-state index contributed by atoms with van der Waals surface area (Å²) in [6.07, 6.45) is 0. The molecule has 0 aromatic heterocycles. The number of carbonyl (C=O) groups excluding carboxylic acids is 2. The van der Waals surface area contributed by atoms with Crippen LogP contribution in [0.4, 0.5) is 0 Å². The maximum Gasteiger partial charge on any atom is 0.253 e. The maximum absolute atomic E-state index is 13.5. The normalized spacial score (nSPS) is 10.6. The van der Waals surface area contributed by atoms with Crippen LogP contribution in [0.1, 0.15) is 31.8 Å². The number of hydrogen-bond acceptors (Lipinski definition) is 2. The lowest BCUT2D eigenvalue weighted by Crippen LogP contribution is -2.09. The number of aryl methyl sites for hydroxylation is 1. The molecule has 0 fully saturated rings. The van der Waals surface area contributed by atoms with Crippen molar-refractivity contribution in [2.75, 3.05) is 0 Å². The highest BCUT2D eigenvalue weighted by atomic mass is 35.5. The Balaban J connectivity index is 1.89. The Morgan fingerprint density at radius 3 is 1.90 bits per heavy atom. The highest BCUT2D eigenvalue weighted by Gasteiger charge is 2.21. The maximum atomic E-state index is 13.5. The molecule has 0 aliphatic carbocycles. The van der Waals surface area contributed by atoms with Gasteiger partial charge in [0.15, 0.2) is 5.78 Å². The second-order valence-electron chi connectivity index (χ2n) is 7.11. The van der Waals surface area contributed by atoms with Gasteiger partial charge in [-0.05, 0) is 52.9 Å². The van der Waals surface area contributed by atoms with E-state index >= 15 is 0 Å². The first-order valence-corrected chi connectivity index (χ1v) is 10.0. The molecule has 0 amide bonds. The summed E-state index contributed by atoms with van der Waals surface area (Å²) in [6.45, 7) is 1.86. The fourth-order valence-corrected chi connectivity index (χ4v) is 3.82. The first-order valence-electron chi connectivity index (χ1n) is 9.65. The van der Waals surface area contributed by atoms with Gasteiger partial charge in [0.1, 0.15) is 0 Å². The standard InChI is InChI=1S/C27H19ClO2/c1-18-15-16-24(25(17-18)27(28)30)26(29)23-14-8-7-13-22(23)21-12-6-5-11-20(21)19-9-3-2-4-10-19/h2-17H,1H3. The van der Waals surface area contributed by atoms with Crippen molar-refractivity contribution in [2.45, 2.75) is 6.92 Å². The van der Waals surface area contributed by atoms with Crippen LogP contribution in [0, 0.1) is 6.92 Å². The van der Waals surface area contributed by atoms with Gasteiger partial charge in [-0.25, -0.2) is 0 Å². The van der Waals surface area contributed by atoms with Gasteiger partial charge >= 0.3 is 0 Å². The fraction of sp³-hybridized carbons (Fsp3) is 0.0370. The summed E-state index contributed by atoms with van der Waals surface area (Å²) in [6, 6.07) is 30.7. The quantitative estimate of drug-likeness (QED) is 0.264. The number of halogens is 1. The fourth-order valence-electron chi connectivity index (χ4n) is 3.67. The number of rotatable bonds is 5.